The fraction of sp³-hybridized carbons (Fsp3) is 0.944. The standard InChI is InChI=1S/2C18H36O2.Ba.Cd.2H/c2*1-2-3-4-5-6-7-8-9-10-11-12-13-14-15-16-17-18(19)20;;;;/h2*2-17H2,1H3,(H,19,20);;;;/q;;;+1;;/p-1. The topological polar surface area (TPSA) is 63.6 Å². The third-order valence-corrected chi connectivity index (χ3v) is 9.06. The first-order chi connectivity index (χ1) is 20.1. The summed E-state index contributed by atoms with van der Waals surface area (Å²) < 4.78 is 4.80. The van der Waals surface area contributed by atoms with Crippen LogP contribution in [-0.2, 0) is 38.5 Å². The van der Waals surface area contributed by atoms with Gasteiger partial charge in [-0.05, 0) is 6.42 Å². The summed E-state index contributed by atoms with van der Waals surface area (Å²) in [5.41, 5.74) is 0. The molecular weight excluding hydrogens is 746 g/mol. The Labute approximate surface area is 320 Å². The summed E-state index contributed by atoms with van der Waals surface area (Å²) in [6, 6.07) is 0. The van der Waals surface area contributed by atoms with E-state index in [9.17, 15) is 9.59 Å². The quantitative estimate of drug-likeness (QED) is 0.0542. The number of carboxylic acid groups (broad SMARTS) is 1. The number of unbranched alkanes of at least 4 members (excludes halogenated alkanes) is 28. The molecular formula is C36H73BaCdO4. The molecule has 0 aromatic rings. The normalized spacial score (nSPS) is 10.6. The second-order valence-electron chi connectivity index (χ2n) is 12.3. The first-order valence-corrected chi connectivity index (χ1v) is 19.9. The SMILES string of the molecule is CCCCCCCCCCCCCCCCCC(=O)O.CCCCCCCCCCCCCCCCCC(=O)[O][Cd].[BaH2]. The molecule has 0 atom stereocenters. The van der Waals surface area contributed by atoms with Gasteiger partial charge in [0, 0.05) is 6.42 Å². The van der Waals surface area contributed by atoms with Crippen LogP contribution in [0.5, 0.6) is 0 Å². The van der Waals surface area contributed by atoms with E-state index in [2.05, 4.69) is 13.8 Å². The second kappa shape index (κ2) is 44.6. The fourth-order valence-corrected chi connectivity index (χ4v) is 5.77. The minimum absolute atomic E-state index is 0. The van der Waals surface area contributed by atoms with Crippen LogP contribution in [-0.4, -0.2) is 65.9 Å². The Balaban J connectivity index is -0.000000708. The summed E-state index contributed by atoms with van der Waals surface area (Å²) in [4.78, 5) is 21.3. The van der Waals surface area contributed by atoms with E-state index in [1.807, 2.05) is 0 Å². The Morgan fingerprint density at radius 2 is 0.643 bits per heavy atom. The van der Waals surface area contributed by atoms with Crippen LogP contribution in [0.4, 0.5) is 0 Å². The van der Waals surface area contributed by atoms with Crippen molar-refractivity contribution in [2.75, 3.05) is 0 Å². The monoisotopic (exact) mass is 821 g/mol. The van der Waals surface area contributed by atoms with Crippen molar-refractivity contribution >= 4 is 60.8 Å². The summed E-state index contributed by atoms with van der Waals surface area (Å²) in [5.74, 6) is -0.643. The molecule has 42 heavy (non-hydrogen) atoms. The van der Waals surface area contributed by atoms with Crippen LogP contribution in [0.25, 0.3) is 0 Å². The van der Waals surface area contributed by atoms with Crippen molar-refractivity contribution in [1.29, 1.82) is 0 Å². The molecule has 4 nitrogen and oxygen atoms in total. The van der Waals surface area contributed by atoms with Gasteiger partial charge in [0.15, 0.2) is 0 Å². The molecule has 6 heteroatoms. The van der Waals surface area contributed by atoms with Gasteiger partial charge in [0.25, 0.3) is 0 Å². The molecule has 0 saturated heterocycles. The van der Waals surface area contributed by atoms with Gasteiger partial charge < -0.3 is 5.11 Å². The maximum atomic E-state index is 11.0. The Morgan fingerprint density at radius 1 is 0.429 bits per heavy atom. The van der Waals surface area contributed by atoms with Crippen LogP contribution >= 0.6 is 0 Å². The predicted molar refractivity (Wildman–Crippen MR) is 181 cm³/mol. The number of aliphatic carboxylic acids is 1. The van der Waals surface area contributed by atoms with Gasteiger partial charge in [-0.3, -0.25) is 4.79 Å². The average Bonchev–Trinajstić information content (AvgIpc) is 2.97. The molecule has 0 bridgehead atoms. The van der Waals surface area contributed by atoms with Gasteiger partial charge in [-0.15, -0.1) is 0 Å². The number of carbonyl (C=O) groups is 2. The number of rotatable bonds is 32. The zero-order chi connectivity index (χ0) is 30.5. The van der Waals surface area contributed by atoms with Crippen LogP contribution in [0.2, 0.25) is 0 Å². The number of hydrogen-bond donors (Lipinski definition) is 1. The van der Waals surface area contributed by atoms with Gasteiger partial charge in [-0.2, -0.15) is 0 Å². The third kappa shape index (κ3) is 48.3. The van der Waals surface area contributed by atoms with Crippen LogP contribution in [0, 0.1) is 0 Å². The molecule has 0 saturated carbocycles. The molecule has 0 unspecified atom stereocenters. The van der Waals surface area contributed by atoms with E-state index < -0.39 is 5.97 Å². The number of carboxylic acids is 1. The van der Waals surface area contributed by atoms with Crippen molar-refractivity contribution in [1.82, 2.24) is 0 Å². The van der Waals surface area contributed by atoms with Gasteiger partial charge in [-0.25, -0.2) is 0 Å². The maximum absolute atomic E-state index is 11.0. The van der Waals surface area contributed by atoms with Crippen molar-refractivity contribution in [3.05, 3.63) is 0 Å². The zero-order valence-corrected chi connectivity index (χ0v) is 32.0. The van der Waals surface area contributed by atoms with E-state index in [1.165, 1.54) is 173 Å². The summed E-state index contributed by atoms with van der Waals surface area (Å²) in [5, 5.41) is 8.52. The first-order valence-electron chi connectivity index (χ1n) is 18.2. The molecule has 0 aromatic carbocycles. The van der Waals surface area contributed by atoms with E-state index in [-0.39, 0.29) is 54.9 Å². The van der Waals surface area contributed by atoms with Crippen LogP contribution in [0.15, 0.2) is 0 Å². The number of hydrogen-bond acceptors (Lipinski definition) is 3. The van der Waals surface area contributed by atoms with Crippen LogP contribution < -0.4 is 0 Å². The Morgan fingerprint density at radius 3 is 0.857 bits per heavy atom. The Hall–Kier alpha value is 1.43. The summed E-state index contributed by atoms with van der Waals surface area (Å²) in [7, 11) is 0. The van der Waals surface area contributed by atoms with Crippen molar-refractivity contribution < 1.29 is 43.6 Å². The molecule has 0 aliphatic rings. The Bertz CT molecular complexity index is 519. The zero-order valence-electron chi connectivity index (χ0n) is 28.0. The molecule has 0 heterocycles. The summed E-state index contributed by atoms with van der Waals surface area (Å²) in [6.45, 7) is 4.55. The summed E-state index contributed by atoms with van der Waals surface area (Å²) >= 11 is 0.338. The van der Waals surface area contributed by atoms with Gasteiger partial charge in [0.05, 0.1) is 0 Å². The Kier molecular flexibility index (Phi) is 50.8. The van der Waals surface area contributed by atoms with Crippen molar-refractivity contribution in [2.24, 2.45) is 0 Å². The van der Waals surface area contributed by atoms with Gasteiger partial charge in [0.2, 0.25) is 0 Å². The van der Waals surface area contributed by atoms with Crippen LogP contribution in [0.1, 0.15) is 219 Å². The van der Waals surface area contributed by atoms with Crippen LogP contribution in [0.3, 0.4) is 0 Å². The average molecular weight is 820 g/mol. The second-order valence-corrected chi connectivity index (χ2v) is 13.1. The van der Waals surface area contributed by atoms with Gasteiger partial charge in [0.1, 0.15) is 0 Å². The number of carbonyl (C=O) groups excluding carboxylic acids is 1. The third-order valence-electron chi connectivity index (χ3n) is 8.14. The van der Waals surface area contributed by atoms with E-state index in [0.717, 1.165) is 19.3 Å². The van der Waals surface area contributed by atoms with Crippen molar-refractivity contribution in [2.45, 2.75) is 219 Å². The fourth-order valence-electron chi connectivity index (χ4n) is 5.36. The van der Waals surface area contributed by atoms with Crippen molar-refractivity contribution in [3.63, 3.8) is 0 Å². The molecule has 0 amide bonds. The van der Waals surface area contributed by atoms with E-state index in [4.69, 9.17) is 7.79 Å². The molecule has 0 aliphatic carbocycles. The molecule has 0 radical (unpaired) electrons. The molecule has 0 rings (SSSR count). The van der Waals surface area contributed by atoms with Gasteiger partial charge >= 0.3 is 159 Å². The molecule has 245 valence electrons. The van der Waals surface area contributed by atoms with E-state index in [1.54, 1.807) is 0 Å². The summed E-state index contributed by atoms with van der Waals surface area (Å²) in [6.07, 6.45) is 41.3. The molecule has 0 spiro atoms. The first kappa shape index (κ1) is 47.8. The molecule has 0 aliphatic heterocycles. The predicted octanol–water partition coefficient (Wildman–Crippen LogP) is 11.7. The molecule has 0 fully saturated rings. The minimum atomic E-state index is -0.653. The molecule has 0 aromatic heterocycles. The van der Waals surface area contributed by atoms with E-state index >= 15 is 0 Å². The molecule has 1 N–H and O–H groups in total. The van der Waals surface area contributed by atoms with Crippen molar-refractivity contribution in [3.8, 4) is 0 Å². The van der Waals surface area contributed by atoms with Gasteiger partial charge in [-0.1, -0.05) is 142 Å². The van der Waals surface area contributed by atoms with E-state index in [0.29, 0.717) is 39.1 Å².